The van der Waals surface area contributed by atoms with Crippen LogP contribution in [0.25, 0.3) is 0 Å². The van der Waals surface area contributed by atoms with Crippen LogP contribution in [0.1, 0.15) is 39.7 Å². The van der Waals surface area contributed by atoms with Crippen molar-refractivity contribution in [3.63, 3.8) is 0 Å². The second-order valence-electron chi connectivity index (χ2n) is 6.44. The van der Waals surface area contributed by atoms with Gasteiger partial charge in [-0.2, -0.15) is 0 Å². The van der Waals surface area contributed by atoms with E-state index in [-0.39, 0.29) is 0 Å². The smallest absolute Gasteiger partial charge is 0.172 e. The second-order valence-corrected chi connectivity index (χ2v) is 6.44. The van der Waals surface area contributed by atoms with Crippen LogP contribution >= 0.6 is 0 Å². The zero-order valence-electron chi connectivity index (χ0n) is 14.5. The van der Waals surface area contributed by atoms with Gasteiger partial charge in [0.05, 0.1) is 6.61 Å². The number of ether oxygens (including phenoxy) is 2. The van der Waals surface area contributed by atoms with Gasteiger partial charge in [-0.3, -0.25) is 4.79 Å². The maximum absolute atomic E-state index is 11.5. The molecule has 4 rings (SSSR count). The minimum atomic E-state index is -0.601. The van der Waals surface area contributed by atoms with Crippen molar-refractivity contribution in [1.29, 1.82) is 0 Å². The summed E-state index contributed by atoms with van der Waals surface area (Å²) in [5.41, 5.74) is 3.62. The monoisotopic (exact) mass is 345 g/mol. The molecule has 0 bridgehead atoms. The first-order valence-corrected chi connectivity index (χ1v) is 8.56. The lowest BCUT2D eigenvalue weighted by atomic mass is 9.88. The summed E-state index contributed by atoms with van der Waals surface area (Å²) in [5.74, 6) is 0.515. The van der Waals surface area contributed by atoms with Crippen LogP contribution in [0, 0.1) is 0 Å². The Labute approximate surface area is 152 Å². The number of pyridine rings is 1. The second kappa shape index (κ2) is 6.73. The topological polar surface area (TPSA) is 48.4 Å². The highest BCUT2D eigenvalue weighted by Gasteiger charge is 2.40. The summed E-state index contributed by atoms with van der Waals surface area (Å²) in [7, 11) is 0. The van der Waals surface area contributed by atoms with Crippen LogP contribution in [0.15, 0.2) is 66.9 Å². The van der Waals surface area contributed by atoms with E-state index in [1.165, 1.54) is 0 Å². The zero-order chi connectivity index (χ0) is 18.0. The molecule has 4 heteroatoms. The number of carbonyl (C=O) groups excluding carboxylic acids is 1. The fraction of sp³-hybridized carbons (Fsp3) is 0.182. The number of nitrogens with zero attached hydrogens (tertiary/aromatic N) is 1. The van der Waals surface area contributed by atoms with E-state index in [1.807, 2.05) is 67.6 Å². The van der Waals surface area contributed by atoms with Gasteiger partial charge < -0.3 is 9.47 Å². The standard InChI is InChI=1S/C22H19NO3/c1-22(17-10-6-3-7-11-17)19-12-23-20(13-24)21(18(19)15-26-22)25-14-16-8-4-2-5-9-16/h2-13H,14-15H2,1H3. The molecule has 0 saturated carbocycles. The normalized spacial score (nSPS) is 18.3. The molecule has 2 aromatic carbocycles. The number of aromatic nitrogens is 1. The molecular weight excluding hydrogens is 326 g/mol. The van der Waals surface area contributed by atoms with Crippen LogP contribution < -0.4 is 4.74 Å². The van der Waals surface area contributed by atoms with Gasteiger partial charge in [0.2, 0.25) is 0 Å². The Balaban J connectivity index is 1.73. The molecule has 4 nitrogen and oxygen atoms in total. The molecule has 1 atom stereocenters. The summed E-state index contributed by atoms with van der Waals surface area (Å²) >= 11 is 0. The minimum Gasteiger partial charge on any atom is -0.486 e. The van der Waals surface area contributed by atoms with E-state index in [9.17, 15) is 4.79 Å². The van der Waals surface area contributed by atoms with Gasteiger partial charge in [-0.15, -0.1) is 0 Å². The van der Waals surface area contributed by atoms with Gasteiger partial charge in [-0.25, -0.2) is 4.98 Å². The van der Waals surface area contributed by atoms with Gasteiger partial charge in [0.1, 0.15) is 17.9 Å². The molecule has 0 N–H and O–H groups in total. The molecule has 0 saturated heterocycles. The number of carbonyl (C=O) groups is 1. The van der Waals surface area contributed by atoms with E-state index in [4.69, 9.17) is 9.47 Å². The van der Waals surface area contributed by atoms with E-state index >= 15 is 0 Å². The largest absolute Gasteiger partial charge is 0.486 e. The predicted octanol–water partition coefficient (Wildman–Crippen LogP) is 4.27. The molecule has 1 aliphatic rings. The van der Waals surface area contributed by atoms with E-state index in [0.29, 0.717) is 24.7 Å². The number of benzene rings is 2. The van der Waals surface area contributed by atoms with Gasteiger partial charge in [-0.1, -0.05) is 60.7 Å². The third-order valence-electron chi connectivity index (χ3n) is 4.85. The van der Waals surface area contributed by atoms with Crippen molar-refractivity contribution in [2.24, 2.45) is 0 Å². The van der Waals surface area contributed by atoms with Crippen LogP contribution in [0.3, 0.4) is 0 Å². The fourth-order valence-electron chi connectivity index (χ4n) is 3.37. The summed E-state index contributed by atoms with van der Waals surface area (Å²) < 4.78 is 12.2. The van der Waals surface area contributed by atoms with Crippen molar-refractivity contribution < 1.29 is 14.3 Å². The average Bonchev–Trinajstić information content (AvgIpc) is 3.06. The first kappa shape index (κ1) is 16.5. The van der Waals surface area contributed by atoms with Gasteiger partial charge >= 0.3 is 0 Å². The van der Waals surface area contributed by atoms with Crippen LogP contribution in [-0.2, 0) is 23.6 Å². The summed E-state index contributed by atoms with van der Waals surface area (Å²) in [4.78, 5) is 15.8. The highest BCUT2D eigenvalue weighted by Crippen LogP contribution is 2.45. The Hall–Kier alpha value is -2.98. The highest BCUT2D eigenvalue weighted by molar-refractivity contribution is 5.78. The minimum absolute atomic E-state index is 0.306. The summed E-state index contributed by atoms with van der Waals surface area (Å²) in [5, 5.41) is 0. The first-order valence-electron chi connectivity index (χ1n) is 8.56. The summed E-state index contributed by atoms with van der Waals surface area (Å²) in [6.45, 7) is 2.79. The fourth-order valence-corrected chi connectivity index (χ4v) is 3.37. The van der Waals surface area contributed by atoms with Crippen LogP contribution in [0.5, 0.6) is 5.75 Å². The molecule has 0 radical (unpaired) electrons. The van der Waals surface area contributed by atoms with E-state index in [1.54, 1.807) is 6.20 Å². The SMILES string of the molecule is CC1(c2ccccc2)OCc2c1cnc(C=O)c2OCc1ccccc1. The maximum Gasteiger partial charge on any atom is 0.172 e. The van der Waals surface area contributed by atoms with Crippen molar-refractivity contribution in [3.05, 3.63) is 94.8 Å². The number of hydrogen-bond donors (Lipinski definition) is 0. The predicted molar refractivity (Wildman–Crippen MR) is 98.1 cm³/mol. The van der Waals surface area contributed by atoms with Crippen LogP contribution in [0.2, 0.25) is 0 Å². The Morgan fingerprint density at radius 2 is 1.81 bits per heavy atom. The zero-order valence-corrected chi connectivity index (χ0v) is 14.5. The molecule has 2 heterocycles. The molecule has 0 aliphatic carbocycles. The van der Waals surface area contributed by atoms with Crippen molar-refractivity contribution >= 4 is 6.29 Å². The van der Waals surface area contributed by atoms with E-state index in [0.717, 1.165) is 28.5 Å². The molecule has 26 heavy (non-hydrogen) atoms. The molecule has 130 valence electrons. The quantitative estimate of drug-likeness (QED) is 0.648. The third-order valence-corrected chi connectivity index (χ3v) is 4.85. The molecular formula is C22H19NO3. The lowest BCUT2D eigenvalue weighted by Gasteiger charge is -2.25. The molecule has 0 amide bonds. The van der Waals surface area contributed by atoms with Crippen LogP contribution in [0.4, 0.5) is 0 Å². The average molecular weight is 345 g/mol. The highest BCUT2D eigenvalue weighted by atomic mass is 16.5. The van der Waals surface area contributed by atoms with Crippen molar-refractivity contribution in [1.82, 2.24) is 4.98 Å². The Morgan fingerprint density at radius 1 is 1.12 bits per heavy atom. The van der Waals surface area contributed by atoms with Gasteiger partial charge in [0, 0.05) is 17.3 Å². The first-order chi connectivity index (χ1) is 12.7. The lowest BCUT2D eigenvalue weighted by molar-refractivity contribution is 0.00923. The number of hydrogen-bond acceptors (Lipinski definition) is 4. The number of aldehydes is 1. The van der Waals surface area contributed by atoms with Gasteiger partial charge in [-0.05, 0) is 18.1 Å². The molecule has 1 unspecified atom stereocenters. The van der Waals surface area contributed by atoms with E-state index in [2.05, 4.69) is 4.98 Å². The van der Waals surface area contributed by atoms with Gasteiger partial charge in [0.25, 0.3) is 0 Å². The third kappa shape index (κ3) is 2.78. The number of rotatable bonds is 5. The van der Waals surface area contributed by atoms with Gasteiger partial charge in [0.15, 0.2) is 12.0 Å². The molecule has 1 aliphatic heterocycles. The molecule has 0 spiro atoms. The van der Waals surface area contributed by atoms with E-state index < -0.39 is 5.60 Å². The number of fused-ring (bicyclic) bond motifs is 1. The molecule has 1 aromatic heterocycles. The maximum atomic E-state index is 11.5. The summed E-state index contributed by atoms with van der Waals surface area (Å²) in [6.07, 6.45) is 2.47. The molecule has 0 fully saturated rings. The Kier molecular flexibility index (Phi) is 4.27. The van der Waals surface area contributed by atoms with Crippen molar-refractivity contribution in [3.8, 4) is 5.75 Å². The Morgan fingerprint density at radius 3 is 2.50 bits per heavy atom. The lowest BCUT2D eigenvalue weighted by Crippen LogP contribution is -2.22. The van der Waals surface area contributed by atoms with Crippen molar-refractivity contribution in [2.45, 2.75) is 25.7 Å². The molecule has 3 aromatic rings. The van der Waals surface area contributed by atoms with Crippen LogP contribution in [-0.4, -0.2) is 11.3 Å². The van der Waals surface area contributed by atoms with Crippen molar-refractivity contribution in [2.75, 3.05) is 0 Å². The Bertz CT molecular complexity index is 925. The summed E-state index contributed by atoms with van der Waals surface area (Å²) in [6, 6.07) is 19.9.